The normalized spacial score (nSPS) is 10.6. The van der Waals surface area contributed by atoms with Gasteiger partial charge in [-0.05, 0) is 28.1 Å². The summed E-state index contributed by atoms with van der Waals surface area (Å²) in [4.78, 5) is 18.1. The Hall–Kier alpha value is -3.39. The molecule has 4 rings (SSSR count). The fraction of sp³-hybridized carbons (Fsp3) is 0.0556. The van der Waals surface area contributed by atoms with E-state index in [4.69, 9.17) is 0 Å². The zero-order valence-electron chi connectivity index (χ0n) is 13.6. The molecule has 2 aromatic carbocycles. The number of benzene rings is 2. The Morgan fingerprint density at radius 2 is 1.88 bits per heavy atom. The number of rotatable bonds is 5. The van der Waals surface area contributed by atoms with Crippen LogP contribution < -0.4 is 5.32 Å². The molecule has 128 valence electrons. The number of hydrogen-bond donors (Lipinski definition) is 1. The molecule has 8 heteroatoms. The molecule has 0 aliphatic heterocycles. The minimum absolute atomic E-state index is 0.253. The van der Waals surface area contributed by atoms with E-state index in [9.17, 15) is 4.79 Å². The van der Waals surface area contributed by atoms with Crippen LogP contribution in [0.15, 0.2) is 67.1 Å². The quantitative estimate of drug-likeness (QED) is 0.590. The first kappa shape index (κ1) is 16.1. The molecule has 2 heterocycles. The van der Waals surface area contributed by atoms with Gasteiger partial charge in [0, 0.05) is 17.5 Å². The Kier molecular flexibility index (Phi) is 4.48. The van der Waals surface area contributed by atoms with Crippen molar-refractivity contribution in [3.05, 3.63) is 83.1 Å². The number of amides is 1. The average molecular weight is 362 g/mol. The lowest BCUT2D eigenvalue weighted by Gasteiger charge is -2.07. The van der Waals surface area contributed by atoms with Crippen LogP contribution in [0.3, 0.4) is 0 Å². The summed E-state index contributed by atoms with van der Waals surface area (Å²) in [6, 6.07) is 17.3. The van der Waals surface area contributed by atoms with E-state index in [1.165, 1.54) is 27.9 Å². The summed E-state index contributed by atoms with van der Waals surface area (Å²) in [7, 11) is 0. The van der Waals surface area contributed by atoms with Crippen LogP contribution in [0.25, 0.3) is 5.69 Å². The van der Waals surface area contributed by atoms with Gasteiger partial charge in [0.2, 0.25) is 0 Å². The molecule has 0 unspecified atom stereocenters. The summed E-state index contributed by atoms with van der Waals surface area (Å²) in [6.45, 7) is 0. The summed E-state index contributed by atoms with van der Waals surface area (Å²) < 4.78 is 1.46. The molecule has 2 aromatic heterocycles. The molecule has 0 bridgehead atoms. The summed E-state index contributed by atoms with van der Waals surface area (Å²) in [6.07, 6.45) is 4.03. The molecule has 0 aliphatic rings. The maximum Gasteiger partial charge on any atom is 0.259 e. The number of hydrogen-bond acceptors (Lipinski definition) is 6. The maximum atomic E-state index is 12.7. The molecule has 26 heavy (non-hydrogen) atoms. The number of carbonyl (C=O) groups excluding carboxylic acids is 1. The Morgan fingerprint density at radius 3 is 2.69 bits per heavy atom. The smallest absolute Gasteiger partial charge is 0.259 e. The average Bonchev–Trinajstić information content (AvgIpc) is 3.35. The van der Waals surface area contributed by atoms with Crippen molar-refractivity contribution in [3.63, 3.8) is 0 Å². The van der Waals surface area contributed by atoms with E-state index in [0.717, 1.165) is 11.3 Å². The largest absolute Gasteiger partial charge is 0.298 e. The van der Waals surface area contributed by atoms with Crippen molar-refractivity contribution in [2.45, 2.75) is 6.42 Å². The third-order valence-electron chi connectivity index (χ3n) is 3.74. The molecule has 0 saturated heterocycles. The zero-order chi connectivity index (χ0) is 17.8. The van der Waals surface area contributed by atoms with Crippen LogP contribution in [-0.4, -0.2) is 31.1 Å². The van der Waals surface area contributed by atoms with Crippen molar-refractivity contribution >= 4 is 22.4 Å². The molecule has 0 radical (unpaired) electrons. The van der Waals surface area contributed by atoms with Gasteiger partial charge in [0.15, 0.2) is 5.13 Å². The molecular formula is C18H14N6OS. The summed E-state index contributed by atoms with van der Waals surface area (Å²) in [5, 5.41) is 14.5. The molecule has 7 nitrogen and oxygen atoms in total. The monoisotopic (exact) mass is 362 g/mol. The lowest BCUT2D eigenvalue weighted by atomic mass is 10.1. The molecule has 1 N–H and O–H groups in total. The summed E-state index contributed by atoms with van der Waals surface area (Å²) >= 11 is 1.46. The van der Waals surface area contributed by atoms with Crippen LogP contribution in [0.1, 0.15) is 20.8 Å². The van der Waals surface area contributed by atoms with E-state index in [2.05, 4.69) is 38.0 Å². The molecule has 0 spiro atoms. The van der Waals surface area contributed by atoms with Gasteiger partial charge in [-0.1, -0.05) is 42.5 Å². The van der Waals surface area contributed by atoms with Gasteiger partial charge in [-0.15, -0.1) is 16.4 Å². The molecule has 0 saturated carbocycles. The highest BCUT2D eigenvalue weighted by Crippen LogP contribution is 2.22. The minimum Gasteiger partial charge on any atom is -0.298 e. The van der Waals surface area contributed by atoms with E-state index in [1.807, 2.05) is 24.3 Å². The van der Waals surface area contributed by atoms with Gasteiger partial charge in [0.05, 0.1) is 11.3 Å². The highest BCUT2D eigenvalue weighted by Gasteiger charge is 2.15. The van der Waals surface area contributed by atoms with E-state index >= 15 is 0 Å². The number of nitrogens with one attached hydrogen (secondary N) is 1. The third-order valence-corrected chi connectivity index (χ3v) is 4.65. The van der Waals surface area contributed by atoms with Crippen molar-refractivity contribution in [1.82, 2.24) is 25.2 Å². The number of aromatic nitrogens is 5. The van der Waals surface area contributed by atoms with Crippen molar-refractivity contribution in [2.24, 2.45) is 0 Å². The molecule has 0 aliphatic carbocycles. The van der Waals surface area contributed by atoms with Gasteiger partial charge in [0.1, 0.15) is 6.33 Å². The van der Waals surface area contributed by atoms with E-state index in [0.29, 0.717) is 16.4 Å². The lowest BCUT2D eigenvalue weighted by molar-refractivity contribution is 0.102. The van der Waals surface area contributed by atoms with Gasteiger partial charge in [-0.3, -0.25) is 10.1 Å². The molecule has 1 amide bonds. The first-order valence-electron chi connectivity index (χ1n) is 7.92. The molecule has 0 atom stereocenters. The second-order valence-electron chi connectivity index (χ2n) is 5.52. The summed E-state index contributed by atoms with van der Waals surface area (Å²) in [5.74, 6) is -0.253. The molecular weight excluding hydrogens is 348 g/mol. The van der Waals surface area contributed by atoms with Crippen LogP contribution in [0.5, 0.6) is 0 Å². The standard InChI is InChI=1S/C18H14N6OS/c25-17(15-8-4-5-9-16(15)24-12-20-22-23-24)21-18-19-11-14(26-18)10-13-6-2-1-3-7-13/h1-9,11-12H,10H2,(H,19,21,25). The van der Waals surface area contributed by atoms with Gasteiger partial charge < -0.3 is 0 Å². The third kappa shape index (κ3) is 3.50. The fourth-order valence-electron chi connectivity index (χ4n) is 2.55. The Morgan fingerprint density at radius 1 is 1.08 bits per heavy atom. The van der Waals surface area contributed by atoms with Crippen LogP contribution >= 0.6 is 11.3 Å². The number of para-hydroxylation sites is 1. The fourth-order valence-corrected chi connectivity index (χ4v) is 3.39. The van der Waals surface area contributed by atoms with Crippen LogP contribution in [-0.2, 0) is 6.42 Å². The number of nitrogens with zero attached hydrogens (tertiary/aromatic N) is 5. The van der Waals surface area contributed by atoms with Gasteiger partial charge in [-0.2, -0.15) is 4.68 Å². The van der Waals surface area contributed by atoms with Crippen molar-refractivity contribution < 1.29 is 4.79 Å². The Balaban J connectivity index is 1.51. The van der Waals surface area contributed by atoms with E-state index in [1.54, 1.807) is 24.4 Å². The van der Waals surface area contributed by atoms with E-state index in [-0.39, 0.29) is 5.91 Å². The number of thiazole rings is 1. The zero-order valence-corrected chi connectivity index (χ0v) is 14.4. The Bertz CT molecular complexity index is 1010. The first-order valence-corrected chi connectivity index (χ1v) is 8.73. The predicted octanol–water partition coefficient (Wildman–Crippen LogP) is 2.96. The minimum atomic E-state index is -0.253. The maximum absolute atomic E-state index is 12.7. The second-order valence-corrected chi connectivity index (χ2v) is 6.63. The topological polar surface area (TPSA) is 85.6 Å². The van der Waals surface area contributed by atoms with Crippen molar-refractivity contribution in [1.29, 1.82) is 0 Å². The summed E-state index contributed by atoms with van der Waals surface area (Å²) in [5.41, 5.74) is 2.29. The van der Waals surface area contributed by atoms with Crippen molar-refractivity contribution in [3.8, 4) is 5.69 Å². The number of tetrazole rings is 1. The highest BCUT2D eigenvalue weighted by atomic mass is 32.1. The van der Waals surface area contributed by atoms with Crippen LogP contribution in [0.4, 0.5) is 5.13 Å². The number of anilines is 1. The highest BCUT2D eigenvalue weighted by molar-refractivity contribution is 7.15. The molecule has 4 aromatic rings. The SMILES string of the molecule is O=C(Nc1ncc(Cc2ccccc2)s1)c1ccccc1-n1cnnn1. The number of carbonyl (C=O) groups is 1. The van der Waals surface area contributed by atoms with Crippen LogP contribution in [0.2, 0.25) is 0 Å². The second kappa shape index (κ2) is 7.24. The van der Waals surface area contributed by atoms with Crippen LogP contribution in [0, 0.1) is 0 Å². The molecule has 0 fully saturated rings. The van der Waals surface area contributed by atoms with Crippen molar-refractivity contribution in [2.75, 3.05) is 5.32 Å². The van der Waals surface area contributed by atoms with Gasteiger partial charge >= 0.3 is 0 Å². The van der Waals surface area contributed by atoms with Gasteiger partial charge in [-0.25, -0.2) is 4.98 Å². The predicted molar refractivity (Wildman–Crippen MR) is 98.5 cm³/mol. The van der Waals surface area contributed by atoms with Gasteiger partial charge in [0.25, 0.3) is 5.91 Å². The lowest BCUT2D eigenvalue weighted by Crippen LogP contribution is -2.15. The van der Waals surface area contributed by atoms with E-state index < -0.39 is 0 Å². The first-order chi connectivity index (χ1) is 12.8. The Labute approximate surface area is 153 Å².